The van der Waals surface area contributed by atoms with Crippen molar-refractivity contribution < 1.29 is 4.39 Å². The Kier molecular flexibility index (Phi) is 3.25. The third-order valence-electron chi connectivity index (χ3n) is 4.54. The molecule has 0 N–H and O–H groups in total. The van der Waals surface area contributed by atoms with E-state index >= 15 is 0 Å². The summed E-state index contributed by atoms with van der Waals surface area (Å²) in [4.78, 5) is 6.54. The number of halogens is 1. The Morgan fingerprint density at radius 3 is 2.65 bits per heavy atom. The van der Waals surface area contributed by atoms with Gasteiger partial charge in [0.15, 0.2) is 5.82 Å². The Morgan fingerprint density at radius 2 is 1.96 bits per heavy atom. The summed E-state index contributed by atoms with van der Waals surface area (Å²) in [7, 11) is 1.97. The SMILES string of the molecule is CC(c1ccc(F)cc1)N(C)c1nccn2c(C3CC3)nnc12. The van der Waals surface area contributed by atoms with Crippen LogP contribution in [-0.2, 0) is 0 Å². The predicted octanol–water partition coefficient (Wildman–Crippen LogP) is 3.34. The van der Waals surface area contributed by atoms with Crippen molar-refractivity contribution in [1.82, 2.24) is 19.6 Å². The summed E-state index contributed by atoms with van der Waals surface area (Å²) in [6.07, 6.45) is 6.06. The van der Waals surface area contributed by atoms with Gasteiger partial charge in [-0.3, -0.25) is 4.40 Å². The summed E-state index contributed by atoms with van der Waals surface area (Å²) in [6.45, 7) is 2.07. The van der Waals surface area contributed by atoms with Crippen LogP contribution < -0.4 is 4.90 Å². The van der Waals surface area contributed by atoms with Crippen LogP contribution in [0.3, 0.4) is 0 Å². The van der Waals surface area contributed by atoms with Crippen molar-refractivity contribution >= 4 is 11.5 Å². The van der Waals surface area contributed by atoms with Gasteiger partial charge in [-0.05, 0) is 37.5 Å². The van der Waals surface area contributed by atoms with Gasteiger partial charge in [0.05, 0.1) is 6.04 Å². The summed E-state index contributed by atoms with van der Waals surface area (Å²) >= 11 is 0. The molecule has 3 aromatic rings. The van der Waals surface area contributed by atoms with Crippen LogP contribution in [0.15, 0.2) is 36.7 Å². The Labute approximate surface area is 133 Å². The lowest BCUT2D eigenvalue weighted by Gasteiger charge is -2.26. The molecule has 0 saturated heterocycles. The van der Waals surface area contributed by atoms with Crippen molar-refractivity contribution in [2.75, 3.05) is 11.9 Å². The molecule has 6 heteroatoms. The molecule has 5 nitrogen and oxygen atoms in total. The normalized spacial score (nSPS) is 15.8. The topological polar surface area (TPSA) is 46.3 Å². The molecule has 4 rings (SSSR count). The monoisotopic (exact) mass is 311 g/mol. The number of hydrogen-bond acceptors (Lipinski definition) is 4. The highest BCUT2D eigenvalue weighted by Gasteiger charge is 2.29. The highest BCUT2D eigenvalue weighted by atomic mass is 19.1. The molecule has 23 heavy (non-hydrogen) atoms. The van der Waals surface area contributed by atoms with Crippen molar-refractivity contribution in [3.8, 4) is 0 Å². The first-order chi connectivity index (χ1) is 11.1. The number of fused-ring (bicyclic) bond motifs is 1. The van der Waals surface area contributed by atoms with Gasteiger partial charge in [0.25, 0.3) is 0 Å². The van der Waals surface area contributed by atoms with Gasteiger partial charge in [0.1, 0.15) is 11.6 Å². The second kappa shape index (κ2) is 5.30. The first-order valence-corrected chi connectivity index (χ1v) is 7.83. The predicted molar refractivity (Wildman–Crippen MR) is 86.0 cm³/mol. The molecule has 2 aromatic heterocycles. The summed E-state index contributed by atoms with van der Waals surface area (Å²) in [5.74, 6) is 2.10. The summed E-state index contributed by atoms with van der Waals surface area (Å²) in [5, 5.41) is 8.68. The minimum Gasteiger partial charge on any atom is -0.350 e. The fourth-order valence-corrected chi connectivity index (χ4v) is 2.85. The van der Waals surface area contributed by atoms with Gasteiger partial charge in [-0.15, -0.1) is 10.2 Å². The van der Waals surface area contributed by atoms with Crippen LogP contribution in [-0.4, -0.2) is 26.6 Å². The molecular formula is C17H18FN5. The molecule has 1 unspecified atom stereocenters. The van der Waals surface area contributed by atoms with Crippen LogP contribution in [0, 0.1) is 5.82 Å². The zero-order valence-corrected chi connectivity index (χ0v) is 13.1. The molecule has 118 valence electrons. The Morgan fingerprint density at radius 1 is 1.22 bits per heavy atom. The van der Waals surface area contributed by atoms with E-state index in [0.29, 0.717) is 5.92 Å². The highest BCUT2D eigenvalue weighted by Crippen LogP contribution is 2.39. The minimum absolute atomic E-state index is 0.0513. The van der Waals surface area contributed by atoms with Crippen LogP contribution in [0.2, 0.25) is 0 Å². The molecule has 0 bridgehead atoms. The second-order valence-electron chi connectivity index (χ2n) is 6.12. The van der Waals surface area contributed by atoms with E-state index in [1.165, 1.54) is 25.0 Å². The minimum atomic E-state index is -0.227. The number of anilines is 1. The van der Waals surface area contributed by atoms with Gasteiger partial charge in [0, 0.05) is 25.4 Å². The number of rotatable bonds is 4. The average Bonchev–Trinajstić information content (AvgIpc) is 3.32. The van der Waals surface area contributed by atoms with Crippen LogP contribution in [0.25, 0.3) is 5.65 Å². The van der Waals surface area contributed by atoms with E-state index in [1.54, 1.807) is 18.3 Å². The molecule has 0 radical (unpaired) electrons. The maximum atomic E-state index is 13.1. The standard InChI is InChI=1S/C17H18FN5/c1-11(12-5-7-14(18)8-6-12)22(2)16-17-21-20-15(13-3-4-13)23(17)10-9-19-16/h5-11,13H,3-4H2,1-2H3. The van der Waals surface area contributed by atoms with Gasteiger partial charge >= 0.3 is 0 Å². The lowest BCUT2D eigenvalue weighted by molar-refractivity contribution is 0.625. The van der Waals surface area contributed by atoms with Gasteiger partial charge in [-0.25, -0.2) is 9.37 Å². The van der Waals surface area contributed by atoms with Crippen LogP contribution in [0.4, 0.5) is 10.2 Å². The maximum absolute atomic E-state index is 13.1. The zero-order valence-electron chi connectivity index (χ0n) is 13.1. The van der Waals surface area contributed by atoms with E-state index in [1.807, 2.05) is 22.5 Å². The molecule has 0 spiro atoms. The summed E-state index contributed by atoms with van der Waals surface area (Å²) in [5.41, 5.74) is 1.80. The number of nitrogens with zero attached hydrogens (tertiary/aromatic N) is 5. The van der Waals surface area contributed by atoms with Crippen LogP contribution in [0.5, 0.6) is 0 Å². The molecule has 0 amide bonds. The van der Waals surface area contributed by atoms with Crippen molar-refractivity contribution in [3.05, 3.63) is 53.9 Å². The third-order valence-corrected chi connectivity index (χ3v) is 4.54. The number of aromatic nitrogens is 4. The second-order valence-corrected chi connectivity index (χ2v) is 6.12. The largest absolute Gasteiger partial charge is 0.350 e. The van der Waals surface area contributed by atoms with Crippen molar-refractivity contribution in [1.29, 1.82) is 0 Å². The number of hydrogen-bond donors (Lipinski definition) is 0. The molecule has 2 heterocycles. The molecule has 1 fully saturated rings. The Bertz CT molecular complexity index is 838. The molecule has 1 aromatic carbocycles. The van der Waals surface area contributed by atoms with E-state index in [2.05, 4.69) is 22.1 Å². The fraction of sp³-hybridized carbons (Fsp3) is 0.353. The molecule has 1 atom stereocenters. The molecule has 1 saturated carbocycles. The molecule has 1 aliphatic carbocycles. The first-order valence-electron chi connectivity index (χ1n) is 7.83. The van der Waals surface area contributed by atoms with Crippen molar-refractivity contribution in [2.45, 2.75) is 31.7 Å². The maximum Gasteiger partial charge on any atom is 0.203 e. The van der Waals surface area contributed by atoms with Crippen molar-refractivity contribution in [2.24, 2.45) is 0 Å². The third kappa shape index (κ3) is 2.44. The van der Waals surface area contributed by atoms with E-state index in [4.69, 9.17) is 0 Å². The lowest BCUT2D eigenvalue weighted by Crippen LogP contribution is -2.23. The van der Waals surface area contributed by atoms with E-state index in [-0.39, 0.29) is 11.9 Å². The molecule has 1 aliphatic rings. The first kappa shape index (κ1) is 14.1. The van der Waals surface area contributed by atoms with E-state index in [0.717, 1.165) is 22.9 Å². The van der Waals surface area contributed by atoms with Gasteiger partial charge < -0.3 is 4.90 Å². The van der Waals surface area contributed by atoms with Crippen LogP contribution >= 0.6 is 0 Å². The summed E-state index contributed by atoms with van der Waals surface area (Å²) < 4.78 is 15.2. The van der Waals surface area contributed by atoms with Crippen LogP contribution in [0.1, 0.15) is 43.1 Å². The zero-order chi connectivity index (χ0) is 16.0. The van der Waals surface area contributed by atoms with E-state index in [9.17, 15) is 4.39 Å². The van der Waals surface area contributed by atoms with Crippen molar-refractivity contribution in [3.63, 3.8) is 0 Å². The smallest absolute Gasteiger partial charge is 0.203 e. The average molecular weight is 311 g/mol. The van der Waals surface area contributed by atoms with Gasteiger partial charge in [-0.1, -0.05) is 12.1 Å². The Hall–Kier alpha value is -2.50. The fourth-order valence-electron chi connectivity index (χ4n) is 2.85. The number of benzene rings is 1. The Balaban J connectivity index is 1.71. The lowest BCUT2D eigenvalue weighted by atomic mass is 10.1. The van der Waals surface area contributed by atoms with Gasteiger partial charge in [-0.2, -0.15) is 0 Å². The highest BCUT2D eigenvalue weighted by molar-refractivity contribution is 5.64. The molecule has 0 aliphatic heterocycles. The molecular weight excluding hydrogens is 293 g/mol. The summed E-state index contributed by atoms with van der Waals surface area (Å²) in [6, 6.07) is 6.62. The van der Waals surface area contributed by atoms with Gasteiger partial charge in [0.2, 0.25) is 5.65 Å². The quantitative estimate of drug-likeness (QED) is 0.741. The van der Waals surface area contributed by atoms with E-state index < -0.39 is 0 Å².